The van der Waals surface area contributed by atoms with Gasteiger partial charge in [-0.1, -0.05) is 40.5 Å². The number of nitrogens with zero attached hydrogens (tertiary/aromatic N) is 1. The van der Waals surface area contributed by atoms with Crippen LogP contribution in [0.25, 0.3) is 0 Å². The maximum absolute atomic E-state index is 3.69. The Morgan fingerprint density at radius 1 is 1.06 bits per heavy atom. The third kappa shape index (κ3) is 6.75. The number of rotatable bonds is 10. The minimum Gasteiger partial charge on any atom is -0.310 e. The van der Waals surface area contributed by atoms with Crippen LogP contribution in [-0.2, 0) is 0 Å². The molecule has 0 bridgehead atoms. The monoisotopic (exact) mass is 256 g/mol. The summed E-state index contributed by atoms with van der Waals surface area (Å²) in [7, 11) is 0. The normalized spacial score (nSPS) is 14.5. The highest BCUT2D eigenvalue weighted by atomic mass is 15.2. The van der Waals surface area contributed by atoms with Gasteiger partial charge < -0.3 is 5.32 Å². The molecule has 2 nitrogen and oxygen atoms in total. The first kappa shape index (κ1) is 17.9. The molecule has 0 amide bonds. The molecule has 1 unspecified atom stereocenters. The first-order valence-electron chi connectivity index (χ1n) is 7.89. The summed E-state index contributed by atoms with van der Waals surface area (Å²) in [4.78, 5) is 2.62. The van der Waals surface area contributed by atoms with Crippen molar-refractivity contribution in [2.24, 2.45) is 5.92 Å². The summed E-state index contributed by atoms with van der Waals surface area (Å²) < 4.78 is 0. The number of hydrogen-bond donors (Lipinski definition) is 1. The van der Waals surface area contributed by atoms with Gasteiger partial charge in [-0.25, -0.2) is 0 Å². The van der Waals surface area contributed by atoms with Crippen LogP contribution in [0.4, 0.5) is 0 Å². The SMILES string of the molecule is CCC(CC)CN(CC)C(C)CNC(C)(C)CC. The predicted octanol–water partition coefficient (Wildman–Crippen LogP) is 3.91. The summed E-state index contributed by atoms with van der Waals surface area (Å²) in [5, 5.41) is 3.69. The first-order valence-corrected chi connectivity index (χ1v) is 7.89. The maximum Gasteiger partial charge on any atom is 0.0192 e. The molecule has 0 spiro atoms. The molecule has 0 radical (unpaired) electrons. The Bertz CT molecular complexity index is 197. The molecule has 0 heterocycles. The lowest BCUT2D eigenvalue weighted by atomic mass is 10.0. The van der Waals surface area contributed by atoms with Crippen molar-refractivity contribution < 1.29 is 0 Å². The Balaban J connectivity index is 4.22. The molecule has 2 heteroatoms. The summed E-state index contributed by atoms with van der Waals surface area (Å²) in [5.74, 6) is 0.853. The molecule has 0 aliphatic rings. The maximum atomic E-state index is 3.69. The van der Waals surface area contributed by atoms with E-state index in [1.165, 1.54) is 25.8 Å². The van der Waals surface area contributed by atoms with E-state index in [-0.39, 0.29) is 5.54 Å². The molecule has 110 valence electrons. The molecule has 0 aliphatic carbocycles. The van der Waals surface area contributed by atoms with Crippen LogP contribution in [0.15, 0.2) is 0 Å². The molecular formula is C16H36N2. The average Bonchev–Trinajstić information content (AvgIpc) is 2.37. The lowest BCUT2D eigenvalue weighted by Crippen LogP contribution is -2.48. The van der Waals surface area contributed by atoms with Crippen molar-refractivity contribution in [3.05, 3.63) is 0 Å². The van der Waals surface area contributed by atoms with Gasteiger partial charge in [0.2, 0.25) is 0 Å². The van der Waals surface area contributed by atoms with Gasteiger partial charge in [0.25, 0.3) is 0 Å². The van der Waals surface area contributed by atoms with E-state index in [1.807, 2.05) is 0 Å². The molecular weight excluding hydrogens is 220 g/mol. The molecule has 18 heavy (non-hydrogen) atoms. The van der Waals surface area contributed by atoms with Crippen molar-refractivity contribution in [1.82, 2.24) is 10.2 Å². The smallest absolute Gasteiger partial charge is 0.0192 e. The van der Waals surface area contributed by atoms with E-state index >= 15 is 0 Å². The van der Waals surface area contributed by atoms with Crippen molar-refractivity contribution in [2.45, 2.75) is 79.3 Å². The van der Waals surface area contributed by atoms with Crippen LogP contribution in [0.2, 0.25) is 0 Å². The quantitative estimate of drug-likeness (QED) is 0.637. The Morgan fingerprint density at radius 2 is 1.61 bits per heavy atom. The van der Waals surface area contributed by atoms with Gasteiger partial charge in [-0.05, 0) is 39.7 Å². The second-order valence-electron chi connectivity index (χ2n) is 6.24. The fraction of sp³-hybridized carbons (Fsp3) is 1.00. The van der Waals surface area contributed by atoms with E-state index in [4.69, 9.17) is 0 Å². The second-order valence-corrected chi connectivity index (χ2v) is 6.24. The van der Waals surface area contributed by atoms with E-state index < -0.39 is 0 Å². The number of likely N-dealkylation sites (N-methyl/N-ethyl adjacent to an activating group) is 1. The highest BCUT2D eigenvalue weighted by Crippen LogP contribution is 2.13. The van der Waals surface area contributed by atoms with Crippen LogP contribution >= 0.6 is 0 Å². The lowest BCUT2D eigenvalue weighted by molar-refractivity contribution is 0.168. The van der Waals surface area contributed by atoms with Gasteiger partial charge in [-0.2, -0.15) is 0 Å². The summed E-state index contributed by atoms with van der Waals surface area (Å²) in [5.41, 5.74) is 0.266. The highest BCUT2D eigenvalue weighted by molar-refractivity contribution is 4.79. The summed E-state index contributed by atoms with van der Waals surface area (Å²) in [6.45, 7) is 19.6. The Hall–Kier alpha value is -0.0800. The van der Waals surface area contributed by atoms with Crippen LogP contribution in [0.5, 0.6) is 0 Å². The largest absolute Gasteiger partial charge is 0.310 e. The van der Waals surface area contributed by atoms with Crippen molar-refractivity contribution >= 4 is 0 Å². The zero-order valence-electron chi connectivity index (χ0n) is 13.8. The van der Waals surface area contributed by atoms with E-state index in [9.17, 15) is 0 Å². The standard InChI is InChI=1S/C16H36N2/c1-8-15(9-2)13-18(11-4)14(5)12-17-16(6,7)10-3/h14-15,17H,8-13H2,1-7H3. The highest BCUT2D eigenvalue weighted by Gasteiger charge is 2.19. The molecule has 0 saturated heterocycles. The summed E-state index contributed by atoms with van der Waals surface area (Å²) in [6, 6.07) is 0.626. The van der Waals surface area contributed by atoms with Crippen LogP contribution in [0, 0.1) is 5.92 Å². The van der Waals surface area contributed by atoms with Crippen LogP contribution in [0.1, 0.15) is 67.7 Å². The molecule has 0 aliphatic heterocycles. The fourth-order valence-corrected chi connectivity index (χ4v) is 2.18. The van der Waals surface area contributed by atoms with Gasteiger partial charge in [-0.3, -0.25) is 4.90 Å². The Labute approximate surface area is 116 Å². The van der Waals surface area contributed by atoms with E-state index in [0.717, 1.165) is 19.0 Å². The van der Waals surface area contributed by atoms with Crippen LogP contribution < -0.4 is 5.32 Å². The van der Waals surface area contributed by atoms with Crippen LogP contribution in [0.3, 0.4) is 0 Å². The Kier molecular flexibility index (Phi) is 8.89. The first-order chi connectivity index (χ1) is 8.40. The molecule has 0 fully saturated rings. The predicted molar refractivity (Wildman–Crippen MR) is 83.2 cm³/mol. The molecule has 0 rings (SSSR count). The van der Waals surface area contributed by atoms with E-state index in [2.05, 4.69) is 58.7 Å². The van der Waals surface area contributed by atoms with Crippen molar-refractivity contribution in [3.63, 3.8) is 0 Å². The molecule has 0 aromatic rings. The fourth-order valence-electron chi connectivity index (χ4n) is 2.18. The summed E-state index contributed by atoms with van der Waals surface area (Å²) >= 11 is 0. The van der Waals surface area contributed by atoms with Crippen molar-refractivity contribution in [1.29, 1.82) is 0 Å². The van der Waals surface area contributed by atoms with Gasteiger partial charge >= 0.3 is 0 Å². The minimum atomic E-state index is 0.266. The van der Waals surface area contributed by atoms with Crippen molar-refractivity contribution in [3.8, 4) is 0 Å². The zero-order chi connectivity index (χ0) is 14.2. The average molecular weight is 256 g/mol. The van der Waals surface area contributed by atoms with E-state index in [0.29, 0.717) is 6.04 Å². The molecule has 0 aromatic heterocycles. The number of hydrogen-bond acceptors (Lipinski definition) is 2. The minimum absolute atomic E-state index is 0.266. The second kappa shape index (κ2) is 8.92. The van der Waals surface area contributed by atoms with Gasteiger partial charge in [-0.15, -0.1) is 0 Å². The van der Waals surface area contributed by atoms with Crippen molar-refractivity contribution in [2.75, 3.05) is 19.6 Å². The van der Waals surface area contributed by atoms with Gasteiger partial charge in [0.15, 0.2) is 0 Å². The molecule has 1 N–H and O–H groups in total. The lowest BCUT2D eigenvalue weighted by Gasteiger charge is -2.34. The third-order valence-corrected chi connectivity index (χ3v) is 4.44. The molecule has 0 aromatic carbocycles. The Morgan fingerprint density at radius 3 is 2.00 bits per heavy atom. The van der Waals surface area contributed by atoms with E-state index in [1.54, 1.807) is 0 Å². The van der Waals surface area contributed by atoms with Gasteiger partial charge in [0.1, 0.15) is 0 Å². The van der Waals surface area contributed by atoms with Gasteiger partial charge in [0.05, 0.1) is 0 Å². The van der Waals surface area contributed by atoms with Crippen LogP contribution in [-0.4, -0.2) is 36.1 Å². The van der Waals surface area contributed by atoms with Gasteiger partial charge in [0, 0.05) is 24.7 Å². The summed E-state index contributed by atoms with van der Waals surface area (Å²) in [6.07, 6.45) is 3.78. The topological polar surface area (TPSA) is 15.3 Å². The molecule has 0 saturated carbocycles. The zero-order valence-corrected chi connectivity index (χ0v) is 13.8. The number of nitrogens with one attached hydrogen (secondary N) is 1. The third-order valence-electron chi connectivity index (χ3n) is 4.44. The molecule has 1 atom stereocenters.